The number of nitrogens with one attached hydrogen (secondary N) is 1. The van der Waals surface area contributed by atoms with Crippen LogP contribution in [0.5, 0.6) is 5.75 Å². The lowest BCUT2D eigenvalue weighted by molar-refractivity contribution is -0.140. The van der Waals surface area contributed by atoms with Crippen LogP contribution in [0.4, 0.5) is 4.39 Å². The Morgan fingerprint density at radius 3 is 2.19 bits per heavy atom. The second-order valence-corrected chi connectivity index (χ2v) is 9.64. The number of rotatable bonds is 10. The minimum Gasteiger partial charge on any atom is -0.497 e. The standard InChI is InChI=1S/C25H33FN2O3S/c1-6-22(24(30)27-25(2,3)4)28(15-18-7-11-20(26)12-8-18)23(29)17-32-16-19-9-13-21(31-5)14-10-19/h7-14,22H,6,15-17H2,1-5H3,(H,27,30)/t22-/m0/s1. The van der Waals surface area contributed by atoms with Crippen molar-refractivity contribution >= 4 is 23.6 Å². The van der Waals surface area contributed by atoms with Gasteiger partial charge in [-0.15, -0.1) is 11.8 Å². The molecule has 32 heavy (non-hydrogen) atoms. The third-order valence-corrected chi connectivity index (χ3v) is 5.79. The van der Waals surface area contributed by atoms with E-state index in [1.807, 2.05) is 52.0 Å². The Labute approximate surface area is 194 Å². The summed E-state index contributed by atoms with van der Waals surface area (Å²) in [5, 5.41) is 2.98. The molecule has 1 atom stereocenters. The van der Waals surface area contributed by atoms with Crippen LogP contribution in [-0.2, 0) is 21.9 Å². The molecule has 0 unspecified atom stereocenters. The van der Waals surface area contributed by atoms with E-state index < -0.39 is 11.6 Å². The van der Waals surface area contributed by atoms with E-state index in [2.05, 4.69) is 5.32 Å². The summed E-state index contributed by atoms with van der Waals surface area (Å²) in [4.78, 5) is 27.8. The predicted octanol–water partition coefficient (Wildman–Crippen LogP) is 4.79. The van der Waals surface area contributed by atoms with E-state index in [1.165, 1.54) is 23.9 Å². The number of halogens is 1. The van der Waals surface area contributed by atoms with Gasteiger partial charge in [0, 0.05) is 17.8 Å². The number of benzene rings is 2. The Bertz CT molecular complexity index is 880. The van der Waals surface area contributed by atoms with Gasteiger partial charge in [0.25, 0.3) is 0 Å². The van der Waals surface area contributed by atoms with Gasteiger partial charge >= 0.3 is 0 Å². The van der Waals surface area contributed by atoms with Crippen LogP contribution < -0.4 is 10.1 Å². The summed E-state index contributed by atoms with van der Waals surface area (Å²) in [6.45, 7) is 7.87. The van der Waals surface area contributed by atoms with Crippen molar-refractivity contribution < 1.29 is 18.7 Å². The lowest BCUT2D eigenvalue weighted by Gasteiger charge is -2.33. The summed E-state index contributed by atoms with van der Waals surface area (Å²) < 4.78 is 18.5. The average Bonchev–Trinajstić information content (AvgIpc) is 2.74. The molecule has 2 amide bonds. The van der Waals surface area contributed by atoms with Crippen LogP contribution in [0.15, 0.2) is 48.5 Å². The number of ether oxygens (including phenoxy) is 1. The van der Waals surface area contributed by atoms with Gasteiger partial charge in [-0.25, -0.2) is 4.39 Å². The van der Waals surface area contributed by atoms with Crippen LogP contribution in [0, 0.1) is 5.82 Å². The minimum atomic E-state index is -0.603. The van der Waals surface area contributed by atoms with Crippen LogP contribution in [0.25, 0.3) is 0 Å². The molecule has 1 N–H and O–H groups in total. The van der Waals surface area contributed by atoms with Crippen LogP contribution in [0.3, 0.4) is 0 Å². The number of amides is 2. The number of nitrogens with zero attached hydrogens (tertiary/aromatic N) is 1. The summed E-state index contributed by atoms with van der Waals surface area (Å²) in [5.41, 5.74) is 1.46. The number of carbonyl (C=O) groups is 2. The normalized spacial score (nSPS) is 12.2. The van der Waals surface area contributed by atoms with Gasteiger partial charge in [0.1, 0.15) is 17.6 Å². The zero-order valence-electron chi connectivity index (χ0n) is 19.5. The highest BCUT2D eigenvalue weighted by Gasteiger charge is 2.30. The Morgan fingerprint density at radius 2 is 1.66 bits per heavy atom. The number of methoxy groups -OCH3 is 1. The molecule has 0 spiro atoms. The third kappa shape index (κ3) is 8.19. The molecule has 0 saturated carbocycles. The van der Waals surface area contributed by atoms with Crippen LogP contribution >= 0.6 is 11.8 Å². The summed E-state index contributed by atoms with van der Waals surface area (Å²) in [5.74, 6) is 1.06. The van der Waals surface area contributed by atoms with Gasteiger partial charge in [-0.05, 0) is 62.6 Å². The molecule has 0 aliphatic rings. The maximum atomic E-state index is 13.3. The first-order chi connectivity index (χ1) is 15.1. The highest BCUT2D eigenvalue weighted by atomic mass is 32.2. The van der Waals surface area contributed by atoms with Crippen molar-refractivity contribution in [2.75, 3.05) is 12.9 Å². The Hall–Kier alpha value is -2.54. The second kappa shape index (κ2) is 11.9. The smallest absolute Gasteiger partial charge is 0.243 e. The van der Waals surface area contributed by atoms with E-state index >= 15 is 0 Å². The highest BCUT2D eigenvalue weighted by Crippen LogP contribution is 2.19. The summed E-state index contributed by atoms with van der Waals surface area (Å²) in [6, 6.07) is 13.2. The molecule has 0 bridgehead atoms. The Kier molecular flexibility index (Phi) is 9.57. The van der Waals surface area contributed by atoms with Gasteiger partial charge in [-0.2, -0.15) is 0 Å². The molecule has 5 nitrogen and oxygen atoms in total. The Balaban J connectivity index is 2.12. The quantitative estimate of drug-likeness (QED) is 0.554. The fourth-order valence-electron chi connectivity index (χ4n) is 3.22. The first-order valence-corrected chi connectivity index (χ1v) is 11.8. The number of hydrogen-bond donors (Lipinski definition) is 1. The zero-order chi connectivity index (χ0) is 23.7. The first-order valence-electron chi connectivity index (χ1n) is 10.7. The fraction of sp³-hybridized carbons (Fsp3) is 0.440. The van der Waals surface area contributed by atoms with E-state index in [-0.39, 0.29) is 29.9 Å². The molecule has 0 heterocycles. The van der Waals surface area contributed by atoms with Crippen molar-refractivity contribution in [3.63, 3.8) is 0 Å². The fourth-order valence-corrected chi connectivity index (χ4v) is 4.09. The molecule has 0 aliphatic carbocycles. The second-order valence-electron chi connectivity index (χ2n) is 8.65. The topological polar surface area (TPSA) is 58.6 Å². The first kappa shape index (κ1) is 25.7. The van der Waals surface area contributed by atoms with Gasteiger partial charge in [-0.3, -0.25) is 9.59 Å². The highest BCUT2D eigenvalue weighted by molar-refractivity contribution is 7.99. The molecular weight excluding hydrogens is 427 g/mol. The summed E-state index contributed by atoms with van der Waals surface area (Å²) in [6.07, 6.45) is 0.484. The van der Waals surface area contributed by atoms with Gasteiger partial charge < -0.3 is 15.0 Å². The van der Waals surface area contributed by atoms with Crippen molar-refractivity contribution in [2.24, 2.45) is 0 Å². The molecule has 0 radical (unpaired) electrons. The van der Waals surface area contributed by atoms with Crippen LogP contribution in [0.1, 0.15) is 45.2 Å². The molecule has 0 aliphatic heterocycles. The monoisotopic (exact) mass is 460 g/mol. The van der Waals surface area contributed by atoms with Crippen molar-refractivity contribution in [1.29, 1.82) is 0 Å². The van der Waals surface area contributed by atoms with Crippen molar-refractivity contribution in [1.82, 2.24) is 10.2 Å². The molecule has 0 aromatic heterocycles. The molecule has 2 aromatic carbocycles. The van der Waals surface area contributed by atoms with E-state index in [0.717, 1.165) is 16.9 Å². The van der Waals surface area contributed by atoms with E-state index in [1.54, 1.807) is 24.1 Å². The molecule has 2 rings (SSSR count). The Morgan fingerprint density at radius 1 is 1.06 bits per heavy atom. The van der Waals surface area contributed by atoms with Crippen molar-refractivity contribution in [2.45, 2.75) is 58.0 Å². The maximum absolute atomic E-state index is 13.3. The van der Waals surface area contributed by atoms with Gasteiger partial charge in [-0.1, -0.05) is 31.2 Å². The van der Waals surface area contributed by atoms with E-state index in [0.29, 0.717) is 12.2 Å². The van der Waals surface area contributed by atoms with E-state index in [9.17, 15) is 14.0 Å². The molecule has 0 fully saturated rings. The largest absolute Gasteiger partial charge is 0.497 e. The SMILES string of the molecule is CC[C@@H](C(=O)NC(C)(C)C)N(Cc1ccc(F)cc1)C(=O)CSCc1ccc(OC)cc1. The van der Waals surface area contributed by atoms with Crippen molar-refractivity contribution in [3.05, 3.63) is 65.5 Å². The van der Waals surface area contributed by atoms with Gasteiger partial charge in [0.15, 0.2) is 0 Å². The number of thioether (sulfide) groups is 1. The lowest BCUT2D eigenvalue weighted by Crippen LogP contribution is -2.53. The van der Waals surface area contributed by atoms with Crippen LogP contribution in [-0.4, -0.2) is 41.2 Å². The predicted molar refractivity (Wildman–Crippen MR) is 128 cm³/mol. The summed E-state index contributed by atoms with van der Waals surface area (Å²) >= 11 is 1.50. The van der Waals surface area contributed by atoms with Crippen LogP contribution in [0.2, 0.25) is 0 Å². The van der Waals surface area contributed by atoms with Gasteiger partial charge in [0.2, 0.25) is 11.8 Å². The molecule has 0 saturated heterocycles. The maximum Gasteiger partial charge on any atom is 0.243 e. The van der Waals surface area contributed by atoms with E-state index in [4.69, 9.17) is 4.74 Å². The number of hydrogen-bond acceptors (Lipinski definition) is 4. The van der Waals surface area contributed by atoms with Crippen molar-refractivity contribution in [3.8, 4) is 5.75 Å². The molecule has 2 aromatic rings. The minimum absolute atomic E-state index is 0.122. The summed E-state index contributed by atoms with van der Waals surface area (Å²) in [7, 11) is 1.62. The molecule has 7 heteroatoms. The third-order valence-electron chi connectivity index (χ3n) is 4.80. The molecular formula is C25H33FN2O3S. The zero-order valence-corrected chi connectivity index (χ0v) is 20.3. The molecule has 174 valence electrons. The lowest BCUT2D eigenvalue weighted by atomic mass is 10.1. The van der Waals surface area contributed by atoms with Gasteiger partial charge in [0.05, 0.1) is 12.9 Å². The number of carbonyl (C=O) groups excluding carboxylic acids is 2. The average molecular weight is 461 g/mol.